The number of amides is 1. The predicted molar refractivity (Wildman–Crippen MR) is 90.2 cm³/mol. The maximum atomic E-state index is 11.8. The van der Waals surface area contributed by atoms with Crippen LogP contribution in [0.25, 0.3) is 0 Å². The summed E-state index contributed by atoms with van der Waals surface area (Å²) >= 11 is 0. The molecule has 3 N–H and O–H groups in total. The van der Waals surface area contributed by atoms with Gasteiger partial charge in [0.2, 0.25) is 11.8 Å². The van der Waals surface area contributed by atoms with Crippen LogP contribution in [0.2, 0.25) is 0 Å². The van der Waals surface area contributed by atoms with Gasteiger partial charge in [0.25, 0.3) is 0 Å². The highest BCUT2D eigenvalue weighted by Gasteiger charge is 2.16. The van der Waals surface area contributed by atoms with Crippen LogP contribution in [-0.4, -0.2) is 22.1 Å². The van der Waals surface area contributed by atoms with Gasteiger partial charge in [-0.3, -0.25) is 4.79 Å². The first-order valence-corrected chi connectivity index (χ1v) is 7.46. The monoisotopic (exact) mass is 338 g/mol. The molecule has 0 bridgehead atoms. The maximum absolute atomic E-state index is 11.8. The molecule has 2 aromatic rings. The quantitative estimate of drug-likeness (QED) is 0.808. The largest absolute Gasteiger partial charge is 0.346 e. The van der Waals surface area contributed by atoms with Crippen molar-refractivity contribution >= 4 is 18.3 Å². The Labute approximate surface area is 142 Å². The highest BCUT2D eigenvalue weighted by atomic mass is 35.5. The molecule has 2 atom stereocenters. The van der Waals surface area contributed by atoms with Crippen LogP contribution in [0.3, 0.4) is 0 Å². The molecule has 0 spiro atoms. The highest BCUT2D eigenvalue weighted by Crippen LogP contribution is 2.12. The van der Waals surface area contributed by atoms with E-state index in [2.05, 4.69) is 15.5 Å². The number of nitrogens with one attached hydrogen (secondary N) is 1. The van der Waals surface area contributed by atoms with E-state index in [-0.39, 0.29) is 30.4 Å². The van der Waals surface area contributed by atoms with Crippen LogP contribution in [-0.2, 0) is 11.2 Å². The molecule has 0 fully saturated rings. The summed E-state index contributed by atoms with van der Waals surface area (Å²) in [7, 11) is 0. The van der Waals surface area contributed by atoms with Gasteiger partial charge in [-0.25, -0.2) is 0 Å². The molecule has 1 heterocycles. The number of nitrogens with two attached hydrogens (primary N) is 1. The van der Waals surface area contributed by atoms with E-state index in [9.17, 15) is 4.79 Å². The fourth-order valence-electron chi connectivity index (χ4n) is 2.02. The van der Waals surface area contributed by atoms with Crippen LogP contribution in [0.15, 0.2) is 34.9 Å². The SMILES string of the molecule is CC(N)CCC(=O)NC(C)c1noc(Cc2ccccc2)n1.Cl. The molecular formula is C16H23ClN4O2. The zero-order valence-corrected chi connectivity index (χ0v) is 14.2. The number of hydrogen-bond acceptors (Lipinski definition) is 5. The summed E-state index contributed by atoms with van der Waals surface area (Å²) in [4.78, 5) is 16.1. The first-order valence-electron chi connectivity index (χ1n) is 7.46. The van der Waals surface area contributed by atoms with Crippen molar-refractivity contribution in [3.63, 3.8) is 0 Å². The third-order valence-electron chi connectivity index (χ3n) is 3.27. The molecule has 0 aliphatic carbocycles. The number of benzene rings is 1. The predicted octanol–water partition coefficient (Wildman–Crippen LogP) is 2.39. The number of halogens is 1. The summed E-state index contributed by atoms with van der Waals surface area (Å²) in [6.07, 6.45) is 1.64. The molecule has 0 aliphatic heterocycles. The molecule has 126 valence electrons. The normalized spacial score (nSPS) is 13.0. The lowest BCUT2D eigenvalue weighted by atomic mass is 10.1. The maximum Gasteiger partial charge on any atom is 0.231 e. The van der Waals surface area contributed by atoms with E-state index in [0.29, 0.717) is 31.0 Å². The summed E-state index contributed by atoms with van der Waals surface area (Å²) in [5.41, 5.74) is 6.74. The van der Waals surface area contributed by atoms with Crippen LogP contribution in [0, 0.1) is 0 Å². The second-order valence-electron chi connectivity index (χ2n) is 5.51. The lowest BCUT2D eigenvalue weighted by Crippen LogP contribution is -2.28. The Kier molecular flexibility index (Phi) is 7.71. The van der Waals surface area contributed by atoms with Gasteiger partial charge in [0.05, 0.1) is 12.5 Å². The van der Waals surface area contributed by atoms with Crippen LogP contribution in [0.5, 0.6) is 0 Å². The van der Waals surface area contributed by atoms with E-state index in [1.54, 1.807) is 0 Å². The Morgan fingerprint density at radius 2 is 2.00 bits per heavy atom. The van der Waals surface area contributed by atoms with Crippen LogP contribution >= 0.6 is 12.4 Å². The molecule has 1 amide bonds. The number of nitrogens with zero attached hydrogens (tertiary/aromatic N) is 2. The molecular weight excluding hydrogens is 316 g/mol. The van der Waals surface area contributed by atoms with Crippen molar-refractivity contribution in [1.29, 1.82) is 0 Å². The minimum atomic E-state index is -0.283. The van der Waals surface area contributed by atoms with E-state index in [1.165, 1.54) is 0 Å². The fraction of sp³-hybridized carbons (Fsp3) is 0.438. The summed E-state index contributed by atoms with van der Waals surface area (Å²) < 4.78 is 5.24. The average molecular weight is 339 g/mol. The Morgan fingerprint density at radius 1 is 1.30 bits per heavy atom. The third kappa shape index (κ3) is 6.38. The Hall–Kier alpha value is -1.92. The van der Waals surface area contributed by atoms with Gasteiger partial charge in [0.15, 0.2) is 5.82 Å². The van der Waals surface area contributed by atoms with Gasteiger partial charge in [0.1, 0.15) is 0 Å². The van der Waals surface area contributed by atoms with E-state index in [0.717, 1.165) is 5.56 Å². The van der Waals surface area contributed by atoms with Gasteiger partial charge in [-0.05, 0) is 25.8 Å². The molecule has 2 rings (SSSR count). The molecule has 1 aromatic carbocycles. The molecule has 7 heteroatoms. The number of rotatable bonds is 7. The summed E-state index contributed by atoms with van der Waals surface area (Å²) in [5.74, 6) is 0.970. The smallest absolute Gasteiger partial charge is 0.231 e. The van der Waals surface area contributed by atoms with Gasteiger partial charge in [0, 0.05) is 12.5 Å². The Balaban J connectivity index is 0.00000264. The molecule has 0 saturated heterocycles. The van der Waals surface area contributed by atoms with Crippen molar-refractivity contribution in [3.8, 4) is 0 Å². The van der Waals surface area contributed by atoms with Crippen molar-refractivity contribution in [2.45, 2.75) is 45.2 Å². The lowest BCUT2D eigenvalue weighted by molar-refractivity contribution is -0.121. The molecule has 2 unspecified atom stereocenters. The first kappa shape index (κ1) is 19.1. The number of hydrogen-bond donors (Lipinski definition) is 2. The van der Waals surface area contributed by atoms with Crippen molar-refractivity contribution in [2.24, 2.45) is 5.73 Å². The van der Waals surface area contributed by atoms with Crippen LogP contribution in [0.1, 0.15) is 50.0 Å². The molecule has 0 aliphatic rings. The summed E-state index contributed by atoms with van der Waals surface area (Å²) in [6.45, 7) is 3.71. The van der Waals surface area contributed by atoms with Crippen LogP contribution in [0.4, 0.5) is 0 Å². The molecule has 0 saturated carbocycles. The zero-order chi connectivity index (χ0) is 15.9. The van der Waals surface area contributed by atoms with E-state index < -0.39 is 0 Å². The van der Waals surface area contributed by atoms with E-state index >= 15 is 0 Å². The summed E-state index contributed by atoms with van der Waals surface area (Å²) in [6, 6.07) is 9.63. The lowest BCUT2D eigenvalue weighted by Gasteiger charge is -2.10. The van der Waals surface area contributed by atoms with Crippen molar-refractivity contribution in [1.82, 2.24) is 15.5 Å². The fourth-order valence-corrected chi connectivity index (χ4v) is 2.02. The number of carbonyl (C=O) groups is 1. The standard InChI is InChI=1S/C16H22N4O2.ClH/c1-11(17)8-9-14(21)18-12(2)16-19-15(22-20-16)10-13-6-4-3-5-7-13;/h3-7,11-12H,8-10,17H2,1-2H3,(H,18,21);1H. The summed E-state index contributed by atoms with van der Waals surface area (Å²) in [5, 5.41) is 6.78. The topological polar surface area (TPSA) is 94.0 Å². The minimum absolute atomic E-state index is 0. The Bertz CT molecular complexity index is 601. The third-order valence-corrected chi connectivity index (χ3v) is 3.27. The van der Waals surface area contributed by atoms with Gasteiger partial charge < -0.3 is 15.6 Å². The van der Waals surface area contributed by atoms with Gasteiger partial charge in [-0.1, -0.05) is 35.5 Å². The molecule has 0 radical (unpaired) electrons. The zero-order valence-electron chi connectivity index (χ0n) is 13.4. The van der Waals surface area contributed by atoms with Crippen molar-refractivity contribution in [3.05, 3.63) is 47.6 Å². The van der Waals surface area contributed by atoms with Gasteiger partial charge in [-0.15, -0.1) is 12.4 Å². The van der Waals surface area contributed by atoms with E-state index in [4.69, 9.17) is 10.3 Å². The van der Waals surface area contributed by atoms with Crippen LogP contribution < -0.4 is 11.1 Å². The molecule has 23 heavy (non-hydrogen) atoms. The number of aromatic nitrogens is 2. The molecule has 1 aromatic heterocycles. The van der Waals surface area contributed by atoms with Crippen molar-refractivity contribution < 1.29 is 9.32 Å². The highest BCUT2D eigenvalue weighted by molar-refractivity contribution is 5.85. The van der Waals surface area contributed by atoms with E-state index in [1.807, 2.05) is 44.2 Å². The number of carbonyl (C=O) groups excluding carboxylic acids is 1. The second kappa shape index (κ2) is 9.27. The first-order chi connectivity index (χ1) is 10.5. The molecule has 6 nitrogen and oxygen atoms in total. The minimum Gasteiger partial charge on any atom is -0.346 e. The van der Waals surface area contributed by atoms with Gasteiger partial charge >= 0.3 is 0 Å². The average Bonchev–Trinajstić information content (AvgIpc) is 2.95. The Morgan fingerprint density at radius 3 is 2.65 bits per heavy atom. The second-order valence-corrected chi connectivity index (χ2v) is 5.51. The van der Waals surface area contributed by atoms with Crippen molar-refractivity contribution in [2.75, 3.05) is 0 Å². The van der Waals surface area contributed by atoms with Gasteiger partial charge in [-0.2, -0.15) is 4.98 Å².